The van der Waals surface area contributed by atoms with Crippen LogP contribution >= 0.6 is 15.9 Å². The first-order valence-corrected chi connectivity index (χ1v) is 5.84. The van der Waals surface area contributed by atoms with E-state index >= 15 is 0 Å². The van der Waals surface area contributed by atoms with E-state index < -0.39 is 0 Å². The number of carbonyl (C=O) groups is 1. The molecule has 1 unspecified atom stereocenters. The van der Waals surface area contributed by atoms with Gasteiger partial charge in [0.25, 0.3) is 0 Å². The molecule has 4 heteroatoms. The number of fused-ring (bicyclic) bond motifs is 2. The zero-order chi connectivity index (χ0) is 10.5. The lowest BCUT2D eigenvalue weighted by atomic mass is 9.81. The van der Waals surface area contributed by atoms with Gasteiger partial charge in [-0.25, -0.2) is 0 Å². The van der Waals surface area contributed by atoms with Gasteiger partial charge in [-0.15, -0.1) is 0 Å². The van der Waals surface area contributed by atoms with E-state index in [9.17, 15) is 4.79 Å². The Hall–Kier alpha value is -0.870. The third-order valence-corrected chi connectivity index (χ3v) is 3.99. The minimum Gasteiger partial charge on any atom is -0.325 e. The second-order valence-electron chi connectivity index (χ2n) is 4.13. The van der Waals surface area contributed by atoms with Crippen molar-refractivity contribution in [2.75, 3.05) is 18.4 Å². The normalized spacial score (nSPS) is 28.2. The highest BCUT2D eigenvalue weighted by atomic mass is 79.9. The SMILES string of the molecule is O=C1Nc2cccc(Br)c2C12CCNC2. The molecule has 15 heavy (non-hydrogen) atoms. The predicted molar refractivity (Wildman–Crippen MR) is 61.9 cm³/mol. The van der Waals surface area contributed by atoms with Crippen LogP contribution in [-0.4, -0.2) is 19.0 Å². The number of rotatable bonds is 0. The van der Waals surface area contributed by atoms with E-state index in [0.717, 1.165) is 35.2 Å². The largest absolute Gasteiger partial charge is 0.325 e. The summed E-state index contributed by atoms with van der Waals surface area (Å²) in [6.45, 7) is 1.66. The molecular formula is C11H11BrN2O. The van der Waals surface area contributed by atoms with E-state index in [1.165, 1.54) is 0 Å². The molecule has 0 aromatic heterocycles. The van der Waals surface area contributed by atoms with Gasteiger partial charge in [-0.2, -0.15) is 0 Å². The minimum atomic E-state index is -0.338. The Kier molecular flexibility index (Phi) is 1.91. The first-order chi connectivity index (χ1) is 7.24. The van der Waals surface area contributed by atoms with Crippen LogP contribution in [0.3, 0.4) is 0 Å². The molecule has 1 saturated heterocycles. The average Bonchev–Trinajstić information content (AvgIpc) is 2.77. The first-order valence-electron chi connectivity index (χ1n) is 5.05. The number of halogens is 1. The molecule has 1 fully saturated rings. The Bertz CT molecular complexity index is 438. The summed E-state index contributed by atoms with van der Waals surface area (Å²) in [5.74, 6) is 0.134. The van der Waals surface area contributed by atoms with Crippen LogP contribution in [0.25, 0.3) is 0 Å². The zero-order valence-electron chi connectivity index (χ0n) is 8.14. The Morgan fingerprint density at radius 1 is 1.40 bits per heavy atom. The van der Waals surface area contributed by atoms with E-state index in [0.29, 0.717) is 0 Å². The minimum absolute atomic E-state index is 0.134. The lowest BCUT2D eigenvalue weighted by Gasteiger charge is -2.20. The maximum absolute atomic E-state index is 12.0. The molecule has 0 radical (unpaired) electrons. The van der Waals surface area contributed by atoms with Gasteiger partial charge in [0.15, 0.2) is 0 Å². The van der Waals surface area contributed by atoms with Crippen LogP contribution in [0.5, 0.6) is 0 Å². The summed E-state index contributed by atoms with van der Waals surface area (Å²) in [6.07, 6.45) is 0.883. The molecule has 78 valence electrons. The van der Waals surface area contributed by atoms with E-state index in [1.807, 2.05) is 18.2 Å². The fourth-order valence-corrected chi connectivity index (χ4v) is 3.31. The highest BCUT2D eigenvalue weighted by Crippen LogP contribution is 2.45. The Labute approximate surface area is 96.4 Å². The highest BCUT2D eigenvalue weighted by Gasteiger charge is 2.49. The van der Waals surface area contributed by atoms with Crippen molar-refractivity contribution in [1.29, 1.82) is 0 Å². The zero-order valence-corrected chi connectivity index (χ0v) is 9.73. The van der Waals surface area contributed by atoms with Gasteiger partial charge in [0, 0.05) is 22.3 Å². The fraction of sp³-hybridized carbons (Fsp3) is 0.364. The first kappa shape index (κ1) is 9.36. The number of hydrogen-bond acceptors (Lipinski definition) is 2. The third-order valence-electron chi connectivity index (χ3n) is 3.33. The summed E-state index contributed by atoms with van der Waals surface area (Å²) >= 11 is 3.54. The van der Waals surface area contributed by atoms with E-state index in [2.05, 4.69) is 26.6 Å². The molecular weight excluding hydrogens is 256 g/mol. The summed E-state index contributed by atoms with van der Waals surface area (Å²) in [4.78, 5) is 12.0. The molecule has 3 nitrogen and oxygen atoms in total. The van der Waals surface area contributed by atoms with Crippen LogP contribution in [-0.2, 0) is 10.2 Å². The van der Waals surface area contributed by atoms with Crippen LogP contribution in [0.1, 0.15) is 12.0 Å². The van der Waals surface area contributed by atoms with Gasteiger partial charge in [0.2, 0.25) is 5.91 Å². The summed E-state index contributed by atoms with van der Waals surface area (Å²) in [5.41, 5.74) is 1.74. The predicted octanol–water partition coefficient (Wildman–Crippen LogP) is 1.63. The number of carbonyl (C=O) groups excluding carboxylic acids is 1. The number of nitrogens with one attached hydrogen (secondary N) is 2. The van der Waals surface area contributed by atoms with Crippen LogP contribution in [0.15, 0.2) is 22.7 Å². The lowest BCUT2D eigenvalue weighted by Crippen LogP contribution is -2.36. The van der Waals surface area contributed by atoms with Crippen molar-refractivity contribution in [2.45, 2.75) is 11.8 Å². The van der Waals surface area contributed by atoms with Crippen molar-refractivity contribution in [3.05, 3.63) is 28.2 Å². The second kappa shape index (κ2) is 3.06. The molecule has 1 amide bonds. The number of amides is 1. The molecule has 2 heterocycles. The van der Waals surface area contributed by atoms with Gasteiger partial charge in [0.1, 0.15) is 0 Å². The van der Waals surface area contributed by atoms with E-state index in [1.54, 1.807) is 0 Å². The molecule has 1 spiro atoms. The second-order valence-corrected chi connectivity index (χ2v) is 4.98. The molecule has 1 aromatic rings. The Morgan fingerprint density at radius 3 is 3.00 bits per heavy atom. The van der Waals surface area contributed by atoms with Gasteiger partial charge in [-0.05, 0) is 25.1 Å². The Morgan fingerprint density at radius 2 is 2.27 bits per heavy atom. The standard InChI is InChI=1S/C11H11BrN2O/c12-7-2-1-3-8-9(7)11(10(15)14-8)4-5-13-6-11/h1-3,13H,4-6H2,(H,14,15). The topological polar surface area (TPSA) is 41.1 Å². The van der Waals surface area contributed by atoms with Crippen molar-refractivity contribution in [3.63, 3.8) is 0 Å². The maximum atomic E-state index is 12.0. The van der Waals surface area contributed by atoms with Crippen LogP contribution in [0.2, 0.25) is 0 Å². The van der Waals surface area contributed by atoms with Crippen molar-refractivity contribution >= 4 is 27.5 Å². The van der Waals surface area contributed by atoms with Gasteiger partial charge in [0.05, 0.1) is 5.41 Å². The fourth-order valence-electron chi connectivity index (χ4n) is 2.57. The van der Waals surface area contributed by atoms with Crippen molar-refractivity contribution in [1.82, 2.24) is 5.32 Å². The molecule has 0 bridgehead atoms. The summed E-state index contributed by atoms with van der Waals surface area (Å²) in [6, 6.07) is 5.91. The average molecular weight is 267 g/mol. The highest BCUT2D eigenvalue weighted by molar-refractivity contribution is 9.10. The molecule has 3 rings (SSSR count). The molecule has 2 aliphatic heterocycles. The molecule has 0 aliphatic carbocycles. The van der Waals surface area contributed by atoms with Gasteiger partial charge in [-0.3, -0.25) is 4.79 Å². The van der Waals surface area contributed by atoms with Gasteiger partial charge >= 0.3 is 0 Å². The quantitative estimate of drug-likeness (QED) is 0.750. The summed E-state index contributed by atoms with van der Waals surface area (Å²) in [7, 11) is 0. The van der Waals surface area contributed by atoms with Crippen molar-refractivity contribution in [2.24, 2.45) is 0 Å². The van der Waals surface area contributed by atoms with E-state index in [-0.39, 0.29) is 11.3 Å². The van der Waals surface area contributed by atoms with Crippen LogP contribution < -0.4 is 10.6 Å². The monoisotopic (exact) mass is 266 g/mol. The molecule has 2 aliphatic rings. The smallest absolute Gasteiger partial charge is 0.236 e. The van der Waals surface area contributed by atoms with Crippen LogP contribution in [0, 0.1) is 0 Å². The van der Waals surface area contributed by atoms with Crippen molar-refractivity contribution in [3.8, 4) is 0 Å². The Balaban J connectivity index is 2.24. The van der Waals surface area contributed by atoms with Crippen molar-refractivity contribution < 1.29 is 4.79 Å². The summed E-state index contributed by atoms with van der Waals surface area (Å²) in [5, 5.41) is 6.23. The van der Waals surface area contributed by atoms with Gasteiger partial charge < -0.3 is 10.6 Å². The lowest BCUT2D eigenvalue weighted by molar-refractivity contribution is -0.120. The molecule has 2 N–H and O–H groups in total. The van der Waals surface area contributed by atoms with Gasteiger partial charge in [-0.1, -0.05) is 22.0 Å². The molecule has 1 atom stereocenters. The number of benzene rings is 1. The number of anilines is 1. The van der Waals surface area contributed by atoms with E-state index in [4.69, 9.17) is 0 Å². The third kappa shape index (κ3) is 1.12. The molecule has 0 saturated carbocycles. The van der Waals surface area contributed by atoms with Crippen LogP contribution in [0.4, 0.5) is 5.69 Å². The maximum Gasteiger partial charge on any atom is 0.236 e. The summed E-state index contributed by atoms with van der Waals surface area (Å²) < 4.78 is 1.03. The number of hydrogen-bond donors (Lipinski definition) is 2. The molecule has 1 aromatic carbocycles.